The van der Waals surface area contributed by atoms with Crippen LogP contribution in [0.4, 0.5) is 0 Å². The fourth-order valence-electron chi connectivity index (χ4n) is 5.71. The zero-order valence-electron chi connectivity index (χ0n) is 21.6. The Morgan fingerprint density at radius 2 is 1.13 bits per heavy atom. The van der Waals surface area contributed by atoms with E-state index in [1.807, 2.05) is 0 Å². The third kappa shape index (κ3) is 4.66. The molecule has 0 atom stereocenters. The smallest absolute Gasteiger partial charge is 0.0541 e. The number of aromatic nitrogens is 1. The Labute approximate surface area is 237 Å². The first-order chi connectivity index (χ1) is 19.2. The summed E-state index contributed by atoms with van der Waals surface area (Å²) in [6.45, 7) is 0. The average Bonchev–Trinajstić information content (AvgIpc) is 3.32. The highest BCUT2D eigenvalue weighted by Crippen LogP contribution is 2.38. The van der Waals surface area contributed by atoms with Gasteiger partial charge in [0.2, 0.25) is 0 Å². The highest BCUT2D eigenvalue weighted by molar-refractivity contribution is 9.10. The molecule has 1 heterocycles. The summed E-state index contributed by atoms with van der Waals surface area (Å²) in [6.07, 6.45) is 10.1. The summed E-state index contributed by atoms with van der Waals surface area (Å²) in [5.74, 6) is 0. The van der Waals surface area contributed by atoms with Crippen LogP contribution in [0.15, 0.2) is 138 Å². The third-order valence-electron chi connectivity index (χ3n) is 7.71. The Morgan fingerprint density at radius 3 is 1.72 bits per heavy atom. The fraction of sp³-hybridized carbons (Fsp3) is 0.0811. The number of allylic oxidation sites excluding steroid dienone is 4. The molecule has 0 amide bonds. The molecule has 188 valence electrons. The zero-order chi connectivity index (χ0) is 26.2. The van der Waals surface area contributed by atoms with E-state index in [1.54, 1.807) is 0 Å². The monoisotopic (exact) mass is 565 g/mol. The van der Waals surface area contributed by atoms with Crippen molar-refractivity contribution in [2.45, 2.75) is 19.3 Å². The number of fused-ring (bicyclic) bond motifs is 3. The van der Waals surface area contributed by atoms with Crippen molar-refractivity contribution in [3.05, 3.63) is 149 Å². The molecule has 0 spiro atoms. The molecule has 0 unspecified atom stereocenters. The minimum Gasteiger partial charge on any atom is -0.310 e. The van der Waals surface area contributed by atoms with Gasteiger partial charge < -0.3 is 4.57 Å². The standard InChI is InChI=1S/C37H28BrN/c38-32-19-15-29(16-20-32)31-18-22-37-35(25-31)34-24-30(17-21-36(34)39(37)33-9-5-2-6-10-33)28-13-11-27(12-14-28)23-26-7-3-1-4-8-26/h1,3-5,7-22,24-25H,2,6,23H2. The van der Waals surface area contributed by atoms with Gasteiger partial charge in [0, 0.05) is 20.9 Å². The molecule has 39 heavy (non-hydrogen) atoms. The van der Waals surface area contributed by atoms with Crippen molar-refractivity contribution in [2.24, 2.45) is 0 Å². The number of rotatable bonds is 5. The first kappa shape index (κ1) is 23.9. The molecule has 0 saturated carbocycles. The molecule has 1 aliphatic carbocycles. The molecule has 1 nitrogen and oxygen atoms in total. The van der Waals surface area contributed by atoms with Crippen LogP contribution < -0.4 is 0 Å². The van der Waals surface area contributed by atoms with E-state index < -0.39 is 0 Å². The van der Waals surface area contributed by atoms with E-state index in [0.717, 1.165) is 23.7 Å². The highest BCUT2D eigenvalue weighted by atomic mass is 79.9. The summed E-state index contributed by atoms with van der Waals surface area (Å²) in [4.78, 5) is 0. The van der Waals surface area contributed by atoms with Crippen LogP contribution in [0.5, 0.6) is 0 Å². The van der Waals surface area contributed by atoms with E-state index in [9.17, 15) is 0 Å². The Balaban J connectivity index is 1.35. The van der Waals surface area contributed by atoms with Gasteiger partial charge in [0.1, 0.15) is 0 Å². The molecule has 0 saturated heterocycles. The fourth-order valence-corrected chi connectivity index (χ4v) is 5.98. The minimum absolute atomic E-state index is 0.953. The van der Waals surface area contributed by atoms with Crippen molar-refractivity contribution in [3.63, 3.8) is 0 Å². The van der Waals surface area contributed by atoms with Crippen LogP contribution >= 0.6 is 15.9 Å². The van der Waals surface area contributed by atoms with Crippen molar-refractivity contribution in [1.82, 2.24) is 4.57 Å². The average molecular weight is 567 g/mol. The first-order valence-electron chi connectivity index (χ1n) is 13.6. The molecule has 7 rings (SSSR count). The molecule has 2 heteroatoms. The number of halogens is 1. The van der Waals surface area contributed by atoms with Crippen LogP contribution in [-0.4, -0.2) is 4.57 Å². The molecule has 0 aliphatic heterocycles. The summed E-state index contributed by atoms with van der Waals surface area (Å²) in [7, 11) is 0. The van der Waals surface area contributed by atoms with Crippen molar-refractivity contribution >= 4 is 43.4 Å². The van der Waals surface area contributed by atoms with Crippen LogP contribution in [0.1, 0.15) is 24.0 Å². The van der Waals surface area contributed by atoms with E-state index in [-0.39, 0.29) is 0 Å². The third-order valence-corrected chi connectivity index (χ3v) is 8.24. The lowest BCUT2D eigenvalue weighted by Crippen LogP contribution is -1.97. The van der Waals surface area contributed by atoms with Gasteiger partial charge >= 0.3 is 0 Å². The lowest BCUT2D eigenvalue weighted by molar-refractivity contribution is 1.02. The lowest BCUT2D eigenvalue weighted by atomic mass is 9.98. The van der Waals surface area contributed by atoms with Gasteiger partial charge in [0.05, 0.1) is 11.0 Å². The molecule has 0 bridgehead atoms. The SMILES string of the molecule is Brc1ccc(-c2ccc3c(c2)c2cc(-c4ccc(Cc5ccccc5)cc4)ccc2n3C2=CCCC=C2)cc1. The number of hydrogen-bond donors (Lipinski definition) is 0. The van der Waals surface area contributed by atoms with Crippen molar-refractivity contribution in [3.8, 4) is 22.3 Å². The van der Waals surface area contributed by atoms with Gasteiger partial charge in [0.25, 0.3) is 0 Å². The molecule has 1 aliphatic rings. The topological polar surface area (TPSA) is 4.93 Å². The van der Waals surface area contributed by atoms with Gasteiger partial charge in [-0.05, 0) is 95.1 Å². The van der Waals surface area contributed by atoms with E-state index in [2.05, 4.69) is 154 Å². The van der Waals surface area contributed by atoms with Gasteiger partial charge in [-0.1, -0.05) is 107 Å². The summed E-state index contributed by atoms with van der Waals surface area (Å²) in [5.41, 5.74) is 11.4. The molecule has 5 aromatic carbocycles. The van der Waals surface area contributed by atoms with Crippen molar-refractivity contribution in [1.29, 1.82) is 0 Å². The molecule has 1 aromatic heterocycles. The number of nitrogens with zero attached hydrogens (tertiary/aromatic N) is 1. The second-order valence-electron chi connectivity index (χ2n) is 10.3. The Kier molecular flexibility index (Phi) is 6.26. The summed E-state index contributed by atoms with van der Waals surface area (Å²) in [5, 5.41) is 2.57. The van der Waals surface area contributed by atoms with E-state index >= 15 is 0 Å². The van der Waals surface area contributed by atoms with E-state index in [4.69, 9.17) is 0 Å². The second-order valence-corrected chi connectivity index (χ2v) is 11.2. The second kappa shape index (κ2) is 10.2. The lowest BCUT2D eigenvalue weighted by Gasteiger charge is -2.12. The Morgan fingerprint density at radius 1 is 0.564 bits per heavy atom. The molecule has 0 N–H and O–H groups in total. The maximum atomic E-state index is 3.57. The molecule has 0 fully saturated rings. The Bertz CT molecular complexity index is 1850. The van der Waals surface area contributed by atoms with Crippen molar-refractivity contribution in [2.75, 3.05) is 0 Å². The predicted molar refractivity (Wildman–Crippen MR) is 170 cm³/mol. The molecule has 6 aromatic rings. The predicted octanol–water partition coefficient (Wildman–Crippen LogP) is 10.7. The maximum Gasteiger partial charge on any atom is 0.0541 e. The summed E-state index contributed by atoms with van der Waals surface area (Å²) in [6, 6.07) is 42.1. The van der Waals surface area contributed by atoms with Gasteiger partial charge in [-0.2, -0.15) is 0 Å². The van der Waals surface area contributed by atoms with Crippen molar-refractivity contribution < 1.29 is 0 Å². The summed E-state index contributed by atoms with van der Waals surface area (Å²) >= 11 is 3.57. The van der Waals surface area contributed by atoms with Gasteiger partial charge in [-0.3, -0.25) is 0 Å². The number of hydrogen-bond acceptors (Lipinski definition) is 0. The largest absolute Gasteiger partial charge is 0.310 e. The van der Waals surface area contributed by atoms with Crippen LogP contribution in [-0.2, 0) is 6.42 Å². The van der Waals surface area contributed by atoms with E-state index in [1.165, 1.54) is 60.9 Å². The molecular weight excluding hydrogens is 538 g/mol. The normalized spacial score (nSPS) is 13.2. The summed E-state index contributed by atoms with van der Waals surface area (Å²) < 4.78 is 3.53. The first-order valence-corrected chi connectivity index (χ1v) is 14.4. The number of benzene rings is 5. The minimum atomic E-state index is 0.953. The quantitative estimate of drug-likeness (QED) is 0.196. The van der Waals surface area contributed by atoms with Gasteiger partial charge in [-0.15, -0.1) is 0 Å². The Hall–Kier alpha value is -4.14. The van der Waals surface area contributed by atoms with Crippen LogP contribution in [0.3, 0.4) is 0 Å². The van der Waals surface area contributed by atoms with Gasteiger partial charge in [-0.25, -0.2) is 0 Å². The van der Waals surface area contributed by atoms with Crippen LogP contribution in [0, 0.1) is 0 Å². The van der Waals surface area contributed by atoms with Gasteiger partial charge in [0.15, 0.2) is 0 Å². The van der Waals surface area contributed by atoms with Crippen LogP contribution in [0.2, 0.25) is 0 Å². The molecular formula is C37H28BrN. The zero-order valence-corrected chi connectivity index (χ0v) is 23.2. The van der Waals surface area contributed by atoms with Crippen LogP contribution in [0.25, 0.3) is 49.8 Å². The van der Waals surface area contributed by atoms with E-state index in [0.29, 0.717) is 0 Å². The highest BCUT2D eigenvalue weighted by Gasteiger charge is 2.15. The maximum absolute atomic E-state index is 3.57. The molecule has 0 radical (unpaired) electrons.